The minimum atomic E-state index is -0.766. The third-order valence-electron chi connectivity index (χ3n) is 3.48. The second-order valence-corrected chi connectivity index (χ2v) is 4.83. The lowest BCUT2D eigenvalue weighted by atomic mass is 10.1. The number of aromatic nitrogens is 1. The SMILES string of the molecule is CC.Cc1ccc2c(c1)c1ccccc1n2CCC(=O)O. The molecule has 3 nitrogen and oxygen atoms in total. The molecule has 1 N–H and O–H groups in total. The molecule has 0 saturated carbocycles. The summed E-state index contributed by atoms with van der Waals surface area (Å²) in [7, 11) is 0. The third kappa shape index (κ3) is 2.92. The van der Waals surface area contributed by atoms with Crippen LogP contribution in [0.5, 0.6) is 0 Å². The van der Waals surface area contributed by atoms with Gasteiger partial charge in [-0.05, 0) is 25.1 Å². The largest absolute Gasteiger partial charge is 0.481 e. The zero-order valence-corrected chi connectivity index (χ0v) is 12.8. The van der Waals surface area contributed by atoms with Gasteiger partial charge in [-0.2, -0.15) is 0 Å². The molecule has 3 heteroatoms. The van der Waals surface area contributed by atoms with E-state index >= 15 is 0 Å². The summed E-state index contributed by atoms with van der Waals surface area (Å²) in [4.78, 5) is 10.8. The lowest BCUT2D eigenvalue weighted by molar-refractivity contribution is -0.137. The van der Waals surface area contributed by atoms with Gasteiger partial charge in [0.15, 0.2) is 0 Å². The van der Waals surface area contributed by atoms with Crippen LogP contribution in [0.25, 0.3) is 21.8 Å². The van der Waals surface area contributed by atoms with Crippen molar-refractivity contribution >= 4 is 27.8 Å². The van der Waals surface area contributed by atoms with Gasteiger partial charge in [0.05, 0.1) is 6.42 Å². The highest BCUT2D eigenvalue weighted by Crippen LogP contribution is 2.29. The van der Waals surface area contributed by atoms with E-state index in [0.717, 1.165) is 11.0 Å². The van der Waals surface area contributed by atoms with E-state index in [2.05, 4.69) is 35.8 Å². The Morgan fingerprint density at radius 1 is 1.05 bits per heavy atom. The number of carbonyl (C=O) groups is 1. The number of carboxylic acid groups (broad SMARTS) is 1. The molecule has 21 heavy (non-hydrogen) atoms. The second-order valence-electron chi connectivity index (χ2n) is 4.83. The minimum absolute atomic E-state index is 0.141. The van der Waals surface area contributed by atoms with Crippen LogP contribution in [0.1, 0.15) is 25.8 Å². The van der Waals surface area contributed by atoms with Crippen molar-refractivity contribution in [2.24, 2.45) is 0 Å². The van der Waals surface area contributed by atoms with E-state index in [1.807, 2.05) is 32.0 Å². The number of rotatable bonds is 3. The van der Waals surface area contributed by atoms with Crippen LogP contribution in [-0.4, -0.2) is 15.6 Å². The number of nitrogens with zero attached hydrogens (tertiary/aromatic N) is 1. The van der Waals surface area contributed by atoms with Gasteiger partial charge in [-0.25, -0.2) is 0 Å². The molecule has 0 saturated heterocycles. The smallest absolute Gasteiger partial charge is 0.305 e. The summed E-state index contributed by atoms with van der Waals surface area (Å²) in [6.07, 6.45) is 0.141. The Labute approximate surface area is 124 Å². The molecule has 0 aliphatic carbocycles. The number of fused-ring (bicyclic) bond motifs is 3. The first kappa shape index (κ1) is 15.1. The molecule has 0 amide bonds. The number of carboxylic acids is 1. The quantitative estimate of drug-likeness (QED) is 0.763. The Kier molecular flexibility index (Phi) is 4.63. The summed E-state index contributed by atoms with van der Waals surface area (Å²) in [5, 5.41) is 11.3. The number of aryl methyl sites for hydroxylation is 2. The normalized spacial score (nSPS) is 10.4. The van der Waals surface area contributed by atoms with E-state index < -0.39 is 5.97 Å². The Hall–Kier alpha value is -2.29. The molecule has 0 spiro atoms. The molecule has 0 atom stereocenters. The summed E-state index contributed by atoms with van der Waals surface area (Å²) >= 11 is 0. The molecular weight excluding hydrogens is 262 g/mol. The van der Waals surface area contributed by atoms with Gasteiger partial charge in [-0.1, -0.05) is 43.7 Å². The fraction of sp³-hybridized carbons (Fsp3) is 0.278. The van der Waals surface area contributed by atoms with E-state index in [9.17, 15) is 4.79 Å². The molecule has 2 aromatic carbocycles. The predicted octanol–water partition coefficient (Wildman–Crippen LogP) is 4.60. The van der Waals surface area contributed by atoms with E-state index in [0.29, 0.717) is 6.54 Å². The van der Waals surface area contributed by atoms with Crippen molar-refractivity contribution < 1.29 is 9.90 Å². The fourth-order valence-corrected chi connectivity index (χ4v) is 2.62. The van der Waals surface area contributed by atoms with Crippen LogP contribution in [0, 0.1) is 6.92 Å². The number of hydrogen-bond donors (Lipinski definition) is 1. The molecule has 0 unspecified atom stereocenters. The van der Waals surface area contributed by atoms with Crippen LogP contribution in [0.2, 0.25) is 0 Å². The van der Waals surface area contributed by atoms with Crippen LogP contribution in [0.3, 0.4) is 0 Å². The van der Waals surface area contributed by atoms with Gasteiger partial charge >= 0.3 is 5.97 Å². The van der Waals surface area contributed by atoms with Gasteiger partial charge in [0.25, 0.3) is 0 Å². The Balaban J connectivity index is 0.000000774. The van der Waals surface area contributed by atoms with E-state index in [1.54, 1.807) is 0 Å². The van der Waals surface area contributed by atoms with E-state index in [1.165, 1.54) is 16.3 Å². The first-order chi connectivity index (χ1) is 10.2. The highest BCUT2D eigenvalue weighted by molar-refractivity contribution is 6.08. The Morgan fingerprint density at radius 2 is 1.71 bits per heavy atom. The molecule has 0 aliphatic rings. The van der Waals surface area contributed by atoms with Crippen LogP contribution in [-0.2, 0) is 11.3 Å². The van der Waals surface area contributed by atoms with Crippen molar-refractivity contribution in [3.8, 4) is 0 Å². The maximum Gasteiger partial charge on any atom is 0.305 e. The third-order valence-corrected chi connectivity index (χ3v) is 3.48. The van der Waals surface area contributed by atoms with Crippen molar-refractivity contribution in [2.45, 2.75) is 33.7 Å². The molecule has 3 aromatic rings. The van der Waals surface area contributed by atoms with Gasteiger partial charge in [0.2, 0.25) is 0 Å². The first-order valence-corrected chi connectivity index (χ1v) is 7.36. The second kappa shape index (κ2) is 6.44. The summed E-state index contributed by atoms with van der Waals surface area (Å²) in [5.41, 5.74) is 3.42. The number of hydrogen-bond acceptors (Lipinski definition) is 1. The average Bonchev–Trinajstić information content (AvgIpc) is 2.81. The molecule has 1 aromatic heterocycles. The predicted molar refractivity (Wildman–Crippen MR) is 87.8 cm³/mol. The zero-order chi connectivity index (χ0) is 15.4. The Bertz CT molecular complexity index is 771. The Morgan fingerprint density at radius 3 is 2.43 bits per heavy atom. The molecule has 110 valence electrons. The molecule has 0 bridgehead atoms. The lowest BCUT2D eigenvalue weighted by Gasteiger charge is -2.05. The minimum Gasteiger partial charge on any atom is -0.481 e. The number of benzene rings is 2. The fourth-order valence-electron chi connectivity index (χ4n) is 2.62. The van der Waals surface area contributed by atoms with Crippen molar-refractivity contribution in [3.05, 3.63) is 48.0 Å². The van der Waals surface area contributed by atoms with Crippen LogP contribution in [0.15, 0.2) is 42.5 Å². The summed E-state index contributed by atoms with van der Waals surface area (Å²) in [6.45, 7) is 6.57. The number of para-hydroxylation sites is 1. The van der Waals surface area contributed by atoms with Gasteiger partial charge in [-0.15, -0.1) is 0 Å². The van der Waals surface area contributed by atoms with Crippen molar-refractivity contribution in [3.63, 3.8) is 0 Å². The van der Waals surface area contributed by atoms with Crippen molar-refractivity contribution in [1.82, 2.24) is 4.57 Å². The van der Waals surface area contributed by atoms with Gasteiger partial charge < -0.3 is 9.67 Å². The molecular formula is C18H21NO2. The molecule has 3 rings (SSSR count). The monoisotopic (exact) mass is 283 g/mol. The maximum absolute atomic E-state index is 10.8. The zero-order valence-electron chi connectivity index (χ0n) is 12.8. The standard InChI is InChI=1S/C16H15NO2.C2H6/c1-11-6-7-15-13(10-11)12-4-2-3-5-14(12)17(15)9-8-16(18)19;1-2/h2-7,10H,8-9H2,1H3,(H,18,19);1-2H3. The average molecular weight is 283 g/mol. The van der Waals surface area contributed by atoms with E-state index in [4.69, 9.17) is 5.11 Å². The summed E-state index contributed by atoms with van der Waals surface area (Å²) < 4.78 is 2.10. The lowest BCUT2D eigenvalue weighted by Crippen LogP contribution is -2.04. The maximum atomic E-state index is 10.8. The van der Waals surface area contributed by atoms with Crippen LogP contribution in [0.4, 0.5) is 0 Å². The van der Waals surface area contributed by atoms with Crippen LogP contribution >= 0.6 is 0 Å². The molecule has 1 heterocycles. The molecule has 0 radical (unpaired) electrons. The number of aliphatic carboxylic acids is 1. The molecule has 0 aliphatic heterocycles. The topological polar surface area (TPSA) is 42.2 Å². The first-order valence-electron chi connectivity index (χ1n) is 7.36. The van der Waals surface area contributed by atoms with Crippen LogP contribution < -0.4 is 0 Å². The summed E-state index contributed by atoms with van der Waals surface area (Å²) in [5.74, 6) is -0.766. The van der Waals surface area contributed by atoms with Gasteiger partial charge in [0, 0.05) is 28.4 Å². The van der Waals surface area contributed by atoms with Gasteiger partial charge in [-0.3, -0.25) is 4.79 Å². The van der Waals surface area contributed by atoms with E-state index in [-0.39, 0.29) is 6.42 Å². The van der Waals surface area contributed by atoms with Crippen molar-refractivity contribution in [2.75, 3.05) is 0 Å². The highest BCUT2D eigenvalue weighted by atomic mass is 16.4. The van der Waals surface area contributed by atoms with Gasteiger partial charge in [0.1, 0.15) is 0 Å². The summed E-state index contributed by atoms with van der Waals surface area (Å²) in [6, 6.07) is 14.5. The highest BCUT2D eigenvalue weighted by Gasteiger charge is 2.10. The molecule has 0 fully saturated rings. The van der Waals surface area contributed by atoms with Crippen molar-refractivity contribution in [1.29, 1.82) is 0 Å².